The van der Waals surface area contributed by atoms with Gasteiger partial charge in [-0.05, 0) is 43.0 Å². The van der Waals surface area contributed by atoms with Gasteiger partial charge in [-0.1, -0.05) is 30.3 Å². The zero-order valence-electron chi connectivity index (χ0n) is 16.2. The van der Waals surface area contributed by atoms with Crippen LogP contribution in [0.1, 0.15) is 36.0 Å². The molecule has 1 unspecified atom stereocenters. The van der Waals surface area contributed by atoms with E-state index in [0.29, 0.717) is 18.5 Å². The lowest BCUT2D eigenvalue weighted by Gasteiger charge is -2.47. The van der Waals surface area contributed by atoms with E-state index < -0.39 is 0 Å². The molecule has 146 valence electrons. The van der Waals surface area contributed by atoms with Gasteiger partial charge in [0.2, 0.25) is 5.91 Å². The Morgan fingerprint density at radius 1 is 1.04 bits per heavy atom. The first-order valence-corrected chi connectivity index (χ1v) is 9.89. The average molecular weight is 378 g/mol. The minimum Gasteiger partial charge on any atom is -0.507 e. The van der Waals surface area contributed by atoms with Crippen molar-refractivity contribution in [3.05, 3.63) is 54.1 Å². The van der Waals surface area contributed by atoms with Crippen LogP contribution in [0.15, 0.2) is 48.5 Å². The van der Waals surface area contributed by atoms with Crippen LogP contribution in [0.4, 0.5) is 0 Å². The van der Waals surface area contributed by atoms with Crippen LogP contribution in [-0.4, -0.2) is 53.4 Å². The third-order valence-electron chi connectivity index (χ3n) is 6.16. The van der Waals surface area contributed by atoms with Crippen molar-refractivity contribution < 1.29 is 14.7 Å². The van der Waals surface area contributed by atoms with E-state index in [2.05, 4.69) is 0 Å². The number of rotatable bonds is 2. The molecule has 2 amide bonds. The van der Waals surface area contributed by atoms with Crippen LogP contribution in [0.2, 0.25) is 0 Å². The Labute approximate surface area is 165 Å². The van der Waals surface area contributed by atoms with Gasteiger partial charge in [0, 0.05) is 49.6 Å². The number of benzene rings is 2. The van der Waals surface area contributed by atoms with E-state index in [4.69, 9.17) is 0 Å². The Balaban J connectivity index is 1.50. The number of para-hydroxylation sites is 1. The van der Waals surface area contributed by atoms with Crippen molar-refractivity contribution in [1.29, 1.82) is 0 Å². The summed E-state index contributed by atoms with van der Waals surface area (Å²) in [5, 5.41) is 10.0. The van der Waals surface area contributed by atoms with E-state index in [1.54, 1.807) is 12.1 Å². The molecule has 2 fully saturated rings. The first kappa shape index (κ1) is 18.5. The van der Waals surface area contributed by atoms with Gasteiger partial charge in [-0.3, -0.25) is 9.59 Å². The quantitative estimate of drug-likeness (QED) is 0.870. The molecule has 0 bridgehead atoms. The highest BCUT2D eigenvalue weighted by Crippen LogP contribution is 2.39. The number of hydrogen-bond acceptors (Lipinski definition) is 3. The van der Waals surface area contributed by atoms with Crippen molar-refractivity contribution in [2.24, 2.45) is 5.41 Å². The van der Waals surface area contributed by atoms with Crippen LogP contribution in [0.5, 0.6) is 5.75 Å². The van der Waals surface area contributed by atoms with Crippen LogP contribution < -0.4 is 0 Å². The third kappa shape index (κ3) is 3.49. The van der Waals surface area contributed by atoms with Crippen LogP contribution >= 0.6 is 0 Å². The molecule has 2 heterocycles. The normalized spacial score (nSPS) is 22.5. The van der Waals surface area contributed by atoms with Gasteiger partial charge in [-0.2, -0.15) is 0 Å². The molecule has 1 atom stereocenters. The maximum absolute atomic E-state index is 13.1. The van der Waals surface area contributed by atoms with Crippen LogP contribution in [0.25, 0.3) is 11.1 Å². The first-order valence-electron chi connectivity index (χ1n) is 9.89. The minimum atomic E-state index is 0.0341. The summed E-state index contributed by atoms with van der Waals surface area (Å²) in [5.41, 5.74) is 2.34. The number of piperidine rings is 2. The maximum Gasteiger partial charge on any atom is 0.253 e. The number of carbonyl (C=O) groups is 2. The zero-order valence-corrected chi connectivity index (χ0v) is 16.2. The molecule has 2 aliphatic rings. The molecule has 0 aliphatic carbocycles. The molecule has 2 saturated heterocycles. The van der Waals surface area contributed by atoms with Crippen molar-refractivity contribution in [3.8, 4) is 16.9 Å². The summed E-state index contributed by atoms with van der Waals surface area (Å²) in [6.07, 6.45) is 3.49. The van der Waals surface area contributed by atoms with Gasteiger partial charge in [-0.25, -0.2) is 0 Å². The number of phenolic OH excluding ortho intramolecular Hbond substituents is 1. The Hall–Kier alpha value is -2.82. The first-order chi connectivity index (χ1) is 13.5. The van der Waals surface area contributed by atoms with E-state index in [1.807, 2.05) is 53.2 Å². The summed E-state index contributed by atoms with van der Waals surface area (Å²) in [6.45, 7) is 2.21. The highest BCUT2D eigenvalue weighted by atomic mass is 16.3. The second kappa shape index (κ2) is 7.30. The fraction of sp³-hybridized carbons (Fsp3) is 0.391. The molecule has 0 radical (unpaired) electrons. The smallest absolute Gasteiger partial charge is 0.253 e. The number of nitrogens with zero attached hydrogens (tertiary/aromatic N) is 2. The molecule has 2 aromatic carbocycles. The largest absolute Gasteiger partial charge is 0.507 e. The highest BCUT2D eigenvalue weighted by Gasteiger charge is 2.41. The molecule has 0 aromatic heterocycles. The van der Waals surface area contributed by atoms with Crippen molar-refractivity contribution in [2.75, 3.05) is 26.7 Å². The molecule has 2 aromatic rings. The van der Waals surface area contributed by atoms with Crippen LogP contribution in [0, 0.1) is 5.41 Å². The monoisotopic (exact) mass is 378 g/mol. The Morgan fingerprint density at radius 3 is 2.50 bits per heavy atom. The zero-order chi connectivity index (χ0) is 19.7. The number of aromatic hydroxyl groups is 1. The van der Waals surface area contributed by atoms with Gasteiger partial charge in [-0.15, -0.1) is 0 Å². The second-order valence-electron chi connectivity index (χ2n) is 8.17. The molecule has 5 nitrogen and oxygen atoms in total. The van der Waals surface area contributed by atoms with E-state index in [0.717, 1.165) is 43.5 Å². The topological polar surface area (TPSA) is 60.9 Å². The van der Waals surface area contributed by atoms with Crippen molar-refractivity contribution in [1.82, 2.24) is 9.80 Å². The predicted octanol–water partition coefficient (Wildman–Crippen LogP) is 3.53. The summed E-state index contributed by atoms with van der Waals surface area (Å²) in [6, 6.07) is 14.6. The number of phenols is 1. The van der Waals surface area contributed by atoms with E-state index in [9.17, 15) is 14.7 Å². The van der Waals surface area contributed by atoms with Gasteiger partial charge in [0.25, 0.3) is 5.91 Å². The summed E-state index contributed by atoms with van der Waals surface area (Å²) in [7, 11) is 1.86. The third-order valence-corrected chi connectivity index (χ3v) is 6.16. The molecule has 5 heteroatoms. The van der Waals surface area contributed by atoms with Crippen molar-refractivity contribution in [2.45, 2.75) is 25.7 Å². The molecule has 1 N–H and O–H groups in total. The van der Waals surface area contributed by atoms with E-state index >= 15 is 0 Å². The Morgan fingerprint density at radius 2 is 1.79 bits per heavy atom. The average Bonchev–Trinajstić information content (AvgIpc) is 2.71. The molecule has 28 heavy (non-hydrogen) atoms. The Kier molecular flexibility index (Phi) is 4.84. The molecule has 4 rings (SSSR count). The molecule has 0 saturated carbocycles. The fourth-order valence-electron chi connectivity index (χ4n) is 4.64. The van der Waals surface area contributed by atoms with Gasteiger partial charge >= 0.3 is 0 Å². The van der Waals surface area contributed by atoms with E-state index in [1.165, 1.54) is 0 Å². The van der Waals surface area contributed by atoms with Crippen molar-refractivity contribution in [3.63, 3.8) is 0 Å². The maximum atomic E-state index is 13.1. The lowest BCUT2D eigenvalue weighted by atomic mass is 9.73. The summed E-state index contributed by atoms with van der Waals surface area (Å²) < 4.78 is 0. The highest BCUT2D eigenvalue weighted by molar-refractivity contribution is 5.95. The molecular formula is C23H26N2O3. The van der Waals surface area contributed by atoms with E-state index in [-0.39, 0.29) is 23.0 Å². The minimum absolute atomic E-state index is 0.0341. The van der Waals surface area contributed by atoms with Gasteiger partial charge < -0.3 is 14.9 Å². The lowest BCUT2D eigenvalue weighted by Crippen LogP contribution is -2.54. The fourth-order valence-corrected chi connectivity index (χ4v) is 4.64. The number of amides is 2. The molecular weight excluding hydrogens is 352 g/mol. The Bertz CT molecular complexity index is 893. The molecule has 1 spiro atoms. The number of hydrogen-bond donors (Lipinski definition) is 1. The second-order valence-corrected chi connectivity index (χ2v) is 8.17. The number of likely N-dealkylation sites (tertiary alicyclic amines) is 2. The SMILES string of the molecule is CN1CC2(CCCN(C(=O)c3ccc(-c4ccccc4O)cc3)C2)CCC1=O. The number of carbonyl (C=O) groups excluding carboxylic acids is 2. The van der Waals surface area contributed by atoms with Gasteiger partial charge in [0.1, 0.15) is 5.75 Å². The summed E-state index contributed by atoms with van der Waals surface area (Å²) in [4.78, 5) is 28.7. The summed E-state index contributed by atoms with van der Waals surface area (Å²) in [5.74, 6) is 0.479. The lowest BCUT2D eigenvalue weighted by molar-refractivity contribution is -0.137. The van der Waals surface area contributed by atoms with Crippen LogP contribution in [0.3, 0.4) is 0 Å². The predicted molar refractivity (Wildman–Crippen MR) is 108 cm³/mol. The molecule has 2 aliphatic heterocycles. The summed E-state index contributed by atoms with van der Waals surface area (Å²) >= 11 is 0. The van der Waals surface area contributed by atoms with Gasteiger partial charge in [0.15, 0.2) is 0 Å². The van der Waals surface area contributed by atoms with Crippen molar-refractivity contribution >= 4 is 11.8 Å². The van der Waals surface area contributed by atoms with Crippen LogP contribution in [-0.2, 0) is 4.79 Å². The standard InChI is InChI=1S/C23H26N2O3/c1-24-15-23(13-11-21(24)27)12-4-14-25(16-23)22(28)18-9-7-17(8-10-18)19-5-2-3-6-20(19)26/h2-3,5-10,26H,4,11-16H2,1H3. The van der Waals surface area contributed by atoms with Gasteiger partial charge in [0.05, 0.1) is 0 Å².